The maximum Gasteiger partial charge on any atom is 0.119 e. The van der Waals surface area contributed by atoms with Gasteiger partial charge in [0.05, 0.1) is 6.61 Å². The molecule has 0 amide bonds. The molecule has 2 aromatic carbocycles. The highest BCUT2D eigenvalue weighted by atomic mass is 16.3. The molecule has 0 saturated heterocycles. The Morgan fingerprint density at radius 2 is 1.41 bits per heavy atom. The van der Waals surface area contributed by atoms with Crippen LogP contribution in [0.25, 0.3) is 0 Å². The van der Waals surface area contributed by atoms with Gasteiger partial charge in [-0.1, -0.05) is 57.2 Å². The van der Waals surface area contributed by atoms with E-state index >= 15 is 0 Å². The van der Waals surface area contributed by atoms with Gasteiger partial charge in [0.2, 0.25) is 0 Å². The van der Waals surface area contributed by atoms with Gasteiger partial charge in [0.1, 0.15) is 5.75 Å². The summed E-state index contributed by atoms with van der Waals surface area (Å²) >= 11 is 0. The van der Waals surface area contributed by atoms with E-state index in [1.54, 1.807) is 12.1 Å². The normalized spacial score (nSPS) is 10.3. The van der Waals surface area contributed by atoms with E-state index in [0.29, 0.717) is 18.5 Å². The Balaban J connectivity index is 0.000000528. The van der Waals surface area contributed by atoms with Crippen molar-refractivity contribution in [2.75, 3.05) is 6.54 Å². The van der Waals surface area contributed by atoms with Crippen molar-refractivity contribution in [3.05, 3.63) is 65.2 Å². The molecule has 2 rings (SSSR count). The highest BCUT2D eigenvalue weighted by molar-refractivity contribution is 5.39. The van der Waals surface area contributed by atoms with Crippen molar-refractivity contribution in [1.29, 1.82) is 0 Å². The molecule has 0 radical (unpaired) electrons. The minimum absolute atomic E-state index is 0.00205. The lowest BCUT2D eigenvalue weighted by Gasteiger charge is -2.28. The summed E-state index contributed by atoms with van der Waals surface area (Å²) < 4.78 is 0. The molecule has 0 aromatic heterocycles. The van der Waals surface area contributed by atoms with Crippen molar-refractivity contribution in [3.63, 3.8) is 0 Å². The number of phenols is 1. The summed E-state index contributed by atoms with van der Waals surface area (Å²) in [5, 5.41) is 18.7. The molecular formula is C24H39NO2. The number of nitrogens with zero attached hydrogens (tertiary/aromatic N) is 1. The molecule has 0 saturated carbocycles. The maximum absolute atomic E-state index is 9.71. The van der Waals surface area contributed by atoms with E-state index in [0.717, 1.165) is 23.2 Å². The second kappa shape index (κ2) is 14.2. The quantitative estimate of drug-likeness (QED) is 0.690. The van der Waals surface area contributed by atoms with Gasteiger partial charge in [0.25, 0.3) is 0 Å². The first kappa shape index (κ1) is 25.2. The van der Waals surface area contributed by atoms with Crippen molar-refractivity contribution in [2.45, 2.75) is 73.6 Å². The molecular weight excluding hydrogens is 334 g/mol. The third-order valence-electron chi connectivity index (χ3n) is 4.26. The lowest BCUT2D eigenvalue weighted by Crippen LogP contribution is -2.36. The molecule has 3 nitrogen and oxygen atoms in total. The number of rotatable bonds is 6. The van der Waals surface area contributed by atoms with Gasteiger partial charge in [-0.3, -0.25) is 4.90 Å². The standard InChI is InChI=1S/C14H14O2.C8H19N.C2H6/c15-10-12-6-7-14(16)13(9-12)8-11-4-2-1-3-5-11;1-6-9(7(2)3)8(4)5;1-2/h1-7,9,15-16H,8,10H2;7-8H,6H2,1-5H3;1-2H3. The second-order valence-corrected chi connectivity index (χ2v) is 6.80. The zero-order valence-electron chi connectivity index (χ0n) is 18.2. The Morgan fingerprint density at radius 1 is 0.852 bits per heavy atom. The van der Waals surface area contributed by atoms with Gasteiger partial charge in [0.15, 0.2) is 0 Å². The predicted octanol–water partition coefficient (Wildman–Crippen LogP) is 5.63. The summed E-state index contributed by atoms with van der Waals surface area (Å²) in [6, 6.07) is 16.5. The number of aromatic hydroxyl groups is 1. The topological polar surface area (TPSA) is 43.7 Å². The zero-order valence-corrected chi connectivity index (χ0v) is 18.2. The molecule has 0 spiro atoms. The number of hydrogen-bond donors (Lipinski definition) is 2. The molecule has 152 valence electrons. The Bertz CT molecular complexity index is 601. The van der Waals surface area contributed by atoms with E-state index < -0.39 is 0 Å². The van der Waals surface area contributed by atoms with Crippen LogP contribution in [0.5, 0.6) is 5.75 Å². The van der Waals surface area contributed by atoms with Gasteiger partial charge in [0, 0.05) is 18.5 Å². The number of aliphatic hydroxyl groups is 1. The third kappa shape index (κ3) is 9.60. The van der Waals surface area contributed by atoms with Crippen LogP contribution in [0.15, 0.2) is 48.5 Å². The van der Waals surface area contributed by atoms with Crippen molar-refractivity contribution in [3.8, 4) is 5.75 Å². The van der Waals surface area contributed by atoms with E-state index in [2.05, 4.69) is 39.5 Å². The molecule has 0 heterocycles. The van der Waals surface area contributed by atoms with Crippen molar-refractivity contribution < 1.29 is 10.2 Å². The number of aliphatic hydroxyl groups excluding tert-OH is 1. The van der Waals surface area contributed by atoms with Gasteiger partial charge < -0.3 is 10.2 Å². The molecule has 27 heavy (non-hydrogen) atoms. The second-order valence-electron chi connectivity index (χ2n) is 6.80. The van der Waals surface area contributed by atoms with Gasteiger partial charge in [-0.15, -0.1) is 0 Å². The van der Waals surface area contributed by atoms with Crippen LogP contribution in [0, 0.1) is 0 Å². The largest absolute Gasteiger partial charge is 0.508 e. The molecule has 0 fully saturated rings. The Kier molecular flexibility index (Phi) is 13.3. The summed E-state index contributed by atoms with van der Waals surface area (Å²) in [5.74, 6) is 0.279. The SMILES string of the molecule is CC.CCN(C(C)C)C(C)C.OCc1ccc(O)c(Cc2ccccc2)c1. The van der Waals surface area contributed by atoms with Crippen LogP contribution in [0.2, 0.25) is 0 Å². The van der Waals surface area contributed by atoms with Gasteiger partial charge in [-0.25, -0.2) is 0 Å². The fraction of sp³-hybridized carbons (Fsp3) is 0.500. The highest BCUT2D eigenvalue weighted by Crippen LogP contribution is 2.21. The molecule has 3 heteroatoms. The van der Waals surface area contributed by atoms with Crippen LogP contribution in [-0.2, 0) is 13.0 Å². The monoisotopic (exact) mass is 373 g/mol. The predicted molar refractivity (Wildman–Crippen MR) is 117 cm³/mol. The summed E-state index contributed by atoms with van der Waals surface area (Å²) in [6.07, 6.45) is 0.681. The summed E-state index contributed by atoms with van der Waals surface area (Å²) in [5.41, 5.74) is 2.81. The van der Waals surface area contributed by atoms with Crippen molar-refractivity contribution >= 4 is 0 Å². The summed E-state index contributed by atoms with van der Waals surface area (Å²) in [7, 11) is 0. The Hall–Kier alpha value is -1.84. The van der Waals surface area contributed by atoms with Crippen LogP contribution >= 0.6 is 0 Å². The number of hydrogen-bond acceptors (Lipinski definition) is 3. The van der Waals surface area contributed by atoms with Gasteiger partial charge in [-0.2, -0.15) is 0 Å². The molecule has 0 atom stereocenters. The molecule has 0 aliphatic heterocycles. The number of phenolic OH excluding ortho intramolecular Hbond substituents is 1. The van der Waals surface area contributed by atoms with Crippen LogP contribution < -0.4 is 0 Å². The van der Waals surface area contributed by atoms with Crippen LogP contribution in [-0.4, -0.2) is 33.7 Å². The smallest absolute Gasteiger partial charge is 0.119 e. The maximum atomic E-state index is 9.71. The average Bonchev–Trinajstić information content (AvgIpc) is 2.66. The van der Waals surface area contributed by atoms with Crippen LogP contribution in [0.1, 0.15) is 65.2 Å². The lowest BCUT2D eigenvalue weighted by molar-refractivity contribution is 0.185. The van der Waals surface area contributed by atoms with E-state index in [1.807, 2.05) is 50.2 Å². The molecule has 0 bridgehead atoms. The summed E-state index contributed by atoms with van der Waals surface area (Å²) in [4.78, 5) is 2.46. The summed E-state index contributed by atoms with van der Waals surface area (Å²) in [6.45, 7) is 16.3. The van der Waals surface area contributed by atoms with Crippen LogP contribution in [0.3, 0.4) is 0 Å². The lowest BCUT2D eigenvalue weighted by atomic mass is 10.0. The fourth-order valence-corrected chi connectivity index (χ4v) is 3.02. The van der Waals surface area contributed by atoms with E-state index in [4.69, 9.17) is 5.11 Å². The molecule has 0 aliphatic rings. The molecule has 2 N–H and O–H groups in total. The first-order chi connectivity index (χ1) is 12.9. The van der Waals surface area contributed by atoms with E-state index in [1.165, 1.54) is 0 Å². The van der Waals surface area contributed by atoms with Gasteiger partial charge >= 0.3 is 0 Å². The molecule has 0 unspecified atom stereocenters. The average molecular weight is 374 g/mol. The minimum Gasteiger partial charge on any atom is -0.508 e. The fourth-order valence-electron chi connectivity index (χ4n) is 3.02. The Labute approximate surface area is 166 Å². The van der Waals surface area contributed by atoms with Gasteiger partial charge in [-0.05, 0) is 63.1 Å². The van der Waals surface area contributed by atoms with Crippen LogP contribution in [0.4, 0.5) is 0 Å². The number of benzene rings is 2. The highest BCUT2D eigenvalue weighted by Gasteiger charge is 2.09. The molecule has 2 aromatic rings. The first-order valence-electron chi connectivity index (χ1n) is 10.1. The van der Waals surface area contributed by atoms with E-state index in [9.17, 15) is 5.11 Å². The molecule has 0 aliphatic carbocycles. The Morgan fingerprint density at radius 3 is 1.81 bits per heavy atom. The van der Waals surface area contributed by atoms with Crippen molar-refractivity contribution in [1.82, 2.24) is 4.90 Å². The van der Waals surface area contributed by atoms with E-state index in [-0.39, 0.29) is 12.4 Å². The minimum atomic E-state index is 0.00205. The first-order valence-corrected chi connectivity index (χ1v) is 10.1. The van der Waals surface area contributed by atoms with Crippen molar-refractivity contribution in [2.24, 2.45) is 0 Å². The zero-order chi connectivity index (χ0) is 20.8. The third-order valence-corrected chi connectivity index (χ3v) is 4.26.